The first-order valence-electron chi connectivity index (χ1n) is 7.83. The van der Waals surface area contributed by atoms with Crippen molar-refractivity contribution in [3.05, 3.63) is 72.4 Å². The van der Waals surface area contributed by atoms with Crippen molar-refractivity contribution in [1.29, 1.82) is 0 Å². The van der Waals surface area contributed by atoms with E-state index in [-0.39, 0.29) is 6.03 Å². The number of benzene rings is 1. The van der Waals surface area contributed by atoms with Gasteiger partial charge >= 0.3 is 6.03 Å². The van der Waals surface area contributed by atoms with E-state index in [2.05, 4.69) is 10.4 Å². The van der Waals surface area contributed by atoms with Crippen LogP contribution in [0.3, 0.4) is 0 Å². The topological polar surface area (TPSA) is 63.3 Å². The second-order valence-corrected chi connectivity index (χ2v) is 5.55. The van der Waals surface area contributed by atoms with Crippen LogP contribution in [0.15, 0.2) is 65.5 Å². The Morgan fingerprint density at radius 3 is 2.83 bits per heavy atom. The number of nitrogens with zero attached hydrogens (tertiary/aromatic N) is 3. The van der Waals surface area contributed by atoms with Crippen LogP contribution in [0, 0.1) is 0 Å². The van der Waals surface area contributed by atoms with Gasteiger partial charge < -0.3 is 14.6 Å². The van der Waals surface area contributed by atoms with Gasteiger partial charge in [0.1, 0.15) is 5.76 Å². The number of carbonyl (C=O) groups is 1. The van der Waals surface area contributed by atoms with Crippen LogP contribution in [0.4, 0.5) is 4.79 Å². The van der Waals surface area contributed by atoms with Crippen LogP contribution in [-0.2, 0) is 13.0 Å². The fourth-order valence-electron chi connectivity index (χ4n) is 2.37. The molecule has 2 heterocycles. The molecule has 0 aliphatic carbocycles. The largest absolute Gasteiger partial charge is 0.467 e. The normalized spacial score (nSPS) is 10.5. The SMILES string of the molecule is CN(Cc1ccco1)C(=O)NCCc1cnn(-c2ccccc2)c1. The van der Waals surface area contributed by atoms with Gasteiger partial charge in [-0.3, -0.25) is 0 Å². The number of hydrogen-bond acceptors (Lipinski definition) is 3. The Morgan fingerprint density at radius 2 is 2.08 bits per heavy atom. The van der Waals surface area contributed by atoms with Crippen LogP contribution in [0.2, 0.25) is 0 Å². The Hall–Kier alpha value is -3.02. The number of aromatic nitrogens is 2. The average Bonchev–Trinajstić information content (AvgIpc) is 3.27. The molecule has 6 nitrogen and oxygen atoms in total. The van der Waals surface area contributed by atoms with Gasteiger partial charge in [-0.2, -0.15) is 5.10 Å². The molecule has 3 aromatic rings. The summed E-state index contributed by atoms with van der Waals surface area (Å²) in [6, 6.07) is 13.5. The minimum absolute atomic E-state index is 0.123. The number of para-hydroxylation sites is 1. The summed E-state index contributed by atoms with van der Waals surface area (Å²) < 4.78 is 7.07. The van der Waals surface area contributed by atoms with Crippen LogP contribution < -0.4 is 5.32 Å². The highest BCUT2D eigenvalue weighted by molar-refractivity contribution is 5.73. The summed E-state index contributed by atoms with van der Waals surface area (Å²) in [7, 11) is 1.74. The molecule has 0 saturated carbocycles. The van der Waals surface area contributed by atoms with Gasteiger partial charge in [0.15, 0.2) is 0 Å². The molecule has 0 aliphatic heterocycles. The molecule has 2 aromatic heterocycles. The maximum atomic E-state index is 12.0. The number of rotatable bonds is 6. The highest BCUT2D eigenvalue weighted by atomic mass is 16.3. The molecule has 24 heavy (non-hydrogen) atoms. The molecular formula is C18H20N4O2. The molecule has 1 N–H and O–H groups in total. The van der Waals surface area contributed by atoms with E-state index >= 15 is 0 Å². The third-order valence-corrected chi connectivity index (χ3v) is 3.67. The zero-order valence-electron chi connectivity index (χ0n) is 13.6. The predicted octanol–water partition coefficient (Wildman–Crippen LogP) is 2.85. The molecule has 0 unspecified atom stereocenters. The molecule has 2 amide bonds. The van der Waals surface area contributed by atoms with Crippen LogP contribution >= 0.6 is 0 Å². The van der Waals surface area contributed by atoms with Gasteiger partial charge in [-0.25, -0.2) is 9.48 Å². The Kier molecular flexibility index (Phi) is 4.96. The summed E-state index contributed by atoms with van der Waals surface area (Å²) >= 11 is 0. The van der Waals surface area contributed by atoms with Crippen molar-refractivity contribution in [3.63, 3.8) is 0 Å². The van der Waals surface area contributed by atoms with Gasteiger partial charge in [-0.05, 0) is 36.2 Å². The minimum Gasteiger partial charge on any atom is -0.467 e. The first-order valence-corrected chi connectivity index (χ1v) is 7.83. The summed E-state index contributed by atoms with van der Waals surface area (Å²) in [5, 5.41) is 7.25. The average molecular weight is 324 g/mol. The molecule has 3 rings (SSSR count). The predicted molar refractivity (Wildman–Crippen MR) is 90.8 cm³/mol. The van der Waals surface area contributed by atoms with E-state index in [9.17, 15) is 4.79 Å². The number of urea groups is 1. The number of furan rings is 1. The minimum atomic E-state index is -0.123. The van der Waals surface area contributed by atoms with Crippen molar-refractivity contribution in [2.45, 2.75) is 13.0 Å². The van der Waals surface area contributed by atoms with E-state index in [0.29, 0.717) is 13.1 Å². The van der Waals surface area contributed by atoms with Crippen LogP contribution in [0.25, 0.3) is 5.69 Å². The Balaban J connectivity index is 1.46. The summed E-state index contributed by atoms with van der Waals surface area (Å²) in [5.74, 6) is 0.761. The lowest BCUT2D eigenvalue weighted by atomic mass is 10.2. The highest BCUT2D eigenvalue weighted by Gasteiger charge is 2.10. The molecule has 0 aliphatic rings. The van der Waals surface area contributed by atoms with Crippen molar-refractivity contribution in [1.82, 2.24) is 20.0 Å². The number of amides is 2. The maximum absolute atomic E-state index is 12.0. The van der Waals surface area contributed by atoms with Gasteiger partial charge in [0.05, 0.1) is 24.7 Å². The fourth-order valence-corrected chi connectivity index (χ4v) is 2.37. The van der Waals surface area contributed by atoms with Gasteiger partial charge in [0.25, 0.3) is 0 Å². The van der Waals surface area contributed by atoms with Crippen molar-refractivity contribution >= 4 is 6.03 Å². The Labute approximate surface area is 140 Å². The van der Waals surface area contributed by atoms with Crippen LogP contribution in [0.5, 0.6) is 0 Å². The second-order valence-electron chi connectivity index (χ2n) is 5.55. The molecule has 0 spiro atoms. The molecule has 0 atom stereocenters. The fraction of sp³-hybridized carbons (Fsp3) is 0.222. The van der Waals surface area contributed by atoms with Gasteiger partial charge in [0, 0.05) is 19.8 Å². The molecule has 1 aromatic carbocycles. The summed E-state index contributed by atoms with van der Waals surface area (Å²) in [6.07, 6.45) is 6.14. The van der Waals surface area contributed by atoms with E-state index in [1.165, 1.54) is 0 Å². The molecule has 0 radical (unpaired) electrons. The monoisotopic (exact) mass is 324 g/mol. The van der Waals surface area contributed by atoms with Crippen LogP contribution in [-0.4, -0.2) is 34.3 Å². The summed E-state index contributed by atoms with van der Waals surface area (Å²) in [6.45, 7) is 1.01. The number of carbonyl (C=O) groups excluding carboxylic acids is 1. The van der Waals surface area contributed by atoms with Crippen molar-refractivity contribution in [3.8, 4) is 5.69 Å². The molecule has 0 fully saturated rings. The number of nitrogens with one attached hydrogen (secondary N) is 1. The standard InChI is InChI=1S/C18H20N4O2/c1-21(14-17-8-5-11-24-17)18(23)19-10-9-15-12-20-22(13-15)16-6-3-2-4-7-16/h2-8,11-13H,9-10,14H2,1H3,(H,19,23). The van der Waals surface area contributed by atoms with E-state index in [1.54, 1.807) is 18.2 Å². The molecule has 0 bridgehead atoms. The summed E-state index contributed by atoms with van der Waals surface area (Å²) in [4.78, 5) is 13.6. The van der Waals surface area contributed by atoms with E-state index in [1.807, 2.05) is 59.5 Å². The molecule has 124 valence electrons. The third-order valence-electron chi connectivity index (χ3n) is 3.67. The quantitative estimate of drug-likeness (QED) is 0.758. The molecular weight excluding hydrogens is 304 g/mol. The Morgan fingerprint density at radius 1 is 1.25 bits per heavy atom. The lowest BCUT2D eigenvalue weighted by molar-refractivity contribution is 0.203. The van der Waals surface area contributed by atoms with Crippen molar-refractivity contribution in [2.75, 3.05) is 13.6 Å². The first-order chi connectivity index (χ1) is 11.7. The first kappa shape index (κ1) is 15.9. The van der Waals surface area contributed by atoms with Gasteiger partial charge in [-0.15, -0.1) is 0 Å². The molecule has 0 saturated heterocycles. The zero-order valence-corrected chi connectivity index (χ0v) is 13.6. The van der Waals surface area contributed by atoms with Crippen LogP contribution in [0.1, 0.15) is 11.3 Å². The smallest absolute Gasteiger partial charge is 0.317 e. The maximum Gasteiger partial charge on any atom is 0.317 e. The molecule has 6 heteroatoms. The van der Waals surface area contributed by atoms with Gasteiger partial charge in [-0.1, -0.05) is 18.2 Å². The van der Waals surface area contributed by atoms with Gasteiger partial charge in [0.2, 0.25) is 0 Å². The number of hydrogen-bond donors (Lipinski definition) is 1. The van der Waals surface area contributed by atoms with E-state index < -0.39 is 0 Å². The lowest BCUT2D eigenvalue weighted by Gasteiger charge is -2.16. The highest BCUT2D eigenvalue weighted by Crippen LogP contribution is 2.08. The van der Waals surface area contributed by atoms with E-state index in [4.69, 9.17) is 4.42 Å². The second kappa shape index (κ2) is 7.50. The van der Waals surface area contributed by atoms with Crippen molar-refractivity contribution in [2.24, 2.45) is 0 Å². The van der Waals surface area contributed by atoms with Crippen molar-refractivity contribution < 1.29 is 9.21 Å². The third kappa shape index (κ3) is 4.04. The summed E-state index contributed by atoms with van der Waals surface area (Å²) in [5.41, 5.74) is 2.10. The van der Waals surface area contributed by atoms with E-state index in [0.717, 1.165) is 23.4 Å². The zero-order chi connectivity index (χ0) is 16.8. The Bertz CT molecular complexity index is 765. The lowest BCUT2D eigenvalue weighted by Crippen LogP contribution is -2.37.